The second-order valence-electron chi connectivity index (χ2n) is 7.05. The summed E-state index contributed by atoms with van der Waals surface area (Å²) in [5.74, 6) is 2.02. The summed E-state index contributed by atoms with van der Waals surface area (Å²) in [6.07, 6.45) is 0.950. The molecule has 0 atom stereocenters. The van der Waals surface area contributed by atoms with Crippen LogP contribution in [0.4, 0.5) is 10.2 Å². The molecule has 0 saturated heterocycles. The Morgan fingerprint density at radius 2 is 1.63 bits per heavy atom. The number of nitrogens with zero attached hydrogens (tertiary/aromatic N) is 3. The van der Waals surface area contributed by atoms with Crippen molar-refractivity contribution in [2.24, 2.45) is 0 Å². The van der Waals surface area contributed by atoms with Gasteiger partial charge >= 0.3 is 0 Å². The SMILES string of the molecule is COc1cc(-c2nc(NCCCN(C)C)c3cc(OC)c(OC)cc3n2)ccc1F. The number of benzene rings is 2. The number of rotatable bonds is 9. The lowest BCUT2D eigenvalue weighted by Crippen LogP contribution is -2.17. The lowest BCUT2D eigenvalue weighted by molar-refractivity contribution is 0.356. The Morgan fingerprint density at radius 3 is 2.30 bits per heavy atom. The predicted octanol–water partition coefficient (Wildman–Crippen LogP) is 3.83. The zero-order valence-corrected chi connectivity index (χ0v) is 18.0. The monoisotopic (exact) mass is 414 g/mol. The number of anilines is 1. The van der Waals surface area contributed by atoms with E-state index in [0.29, 0.717) is 34.2 Å². The third-order valence-electron chi connectivity index (χ3n) is 4.68. The molecule has 1 aromatic heterocycles. The minimum absolute atomic E-state index is 0.143. The van der Waals surface area contributed by atoms with Crippen molar-refractivity contribution in [1.82, 2.24) is 14.9 Å². The minimum atomic E-state index is -0.435. The largest absolute Gasteiger partial charge is 0.494 e. The van der Waals surface area contributed by atoms with E-state index >= 15 is 0 Å². The molecule has 2 aromatic carbocycles. The number of fused-ring (bicyclic) bond motifs is 1. The van der Waals surface area contributed by atoms with E-state index in [9.17, 15) is 4.39 Å². The standard InChI is InChI=1S/C22H27FN4O3/c1-27(2)10-6-9-24-22-15-12-19(29-4)20(30-5)13-17(15)25-21(26-22)14-7-8-16(23)18(11-14)28-3/h7-8,11-13H,6,9-10H2,1-5H3,(H,24,25,26). The van der Waals surface area contributed by atoms with Gasteiger partial charge in [0.25, 0.3) is 0 Å². The summed E-state index contributed by atoms with van der Waals surface area (Å²) in [5, 5.41) is 4.22. The first kappa shape index (κ1) is 21.6. The van der Waals surface area contributed by atoms with Gasteiger partial charge in [0.1, 0.15) is 5.82 Å². The van der Waals surface area contributed by atoms with E-state index in [1.807, 2.05) is 26.2 Å². The number of nitrogens with one attached hydrogen (secondary N) is 1. The summed E-state index contributed by atoms with van der Waals surface area (Å²) >= 11 is 0. The third kappa shape index (κ3) is 4.71. The smallest absolute Gasteiger partial charge is 0.165 e. The quantitative estimate of drug-likeness (QED) is 0.534. The van der Waals surface area contributed by atoms with Gasteiger partial charge in [0.15, 0.2) is 28.9 Å². The van der Waals surface area contributed by atoms with Gasteiger partial charge in [-0.1, -0.05) is 0 Å². The summed E-state index contributed by atoms with van der Waals surface area (Å²) in [7, 11) is 8.68. The number of methoxy groups -OCH3 is 3. The molecule has 8 heteroatoms. The molecule has 0 radical (unpaired) electrons. The molecule has 7 nitrogen and oxygen atoms in total. The summed E-state index contributed by atoms with van der Waals surface area (Å²) in [5.41, 5.74) is 1.34. The van der Waals surface area contributed by atoms with Crippen molar-refractivity contribution in [1.29, 1.82) is 0 Å². The molecule has 1 N–H and O–H groups in total. The van der Waals surface area contributed by atoms with Crippen LogP contribution < -0.4 is 19.5 Å². The molecule has 0 aliphatic rings. The molecular weight excluding hydrogens is 387 g/mol. The van der Waals surface area contributed by atoms with Crippen molar-refractivity contribution in [3.63, 3.8) is 0 Å². The van der Waals surface area contributed by atoms with Gasteiger partial charge in [-0.2, -0.15) is 0 Å². The van der Waals surface area contributed by atoms with Gasteiger partial charge in [0, 0.05) is 23.6 Å². The van der Waals surface area contributed by atoms with E-state index in [-0.39, 0.29) is 5.75 Å². The van der Waals surface area contributed by atoms with Gasteiger partial charge in [0.05, 0.1) is 26.8 Å². The Bertz CT molecular complexity index is 1030. The van der Waals surface area contributed by atoms with Gasteiger partial charge in [-0.25, -0.2) is 14.4 Å². The molecule has 3 aromatic rings. The van der Waals surface area contributed by atoms with E-state index < -0.39 is 5.82 Å². The van der Waals surface area contributed by atoms with Gasteiger partial charge in [-0.05, 0) is 51.3 Å². The second kappa shape index (κ2) is 9.58. The van der Waals surface area contributed by atoms with Crippen LogP contribution in [0.1, 0.15) is 6.42 Å². The fourth-order valence-corrected chi connectivity index (χ4v) is 3.12. The zero-order chi connectivity index (χ0) is 21.7. The molecule has 0 saturated carbocycles. The summed E-state index contributed by atoms with van der Waals surface area (Å²) in [4.78, 5) is 11.5. The lowest BCUT2D eigenvalue weighted by atomic mass is 10.1. The maximum Gasteiger partial charge on any atom is 0.165 e. The van der Waals surface area contributed by atoms with E-state index in [1.54, 1.807) is 26.4 Å². The van der Waals surface area contributed by atoms with Gasteiger partial charge in [0.2, 0.25) is 0 Å². The first-order valence-corrected chi connectivity index (χ1v) is 9.63. The molecule has 0 aliphatic heterocycles. The van der Waals surface area contributed by atoms with Gasteiger partial charge < -0.3 is 24.4 Å². The molecule has 0 bridgehead atoms. The molecule has 160 valence electrons. The van der Waals surface area contributed by atoms with Crippen LogP contribution in [0.5, 0.6) is 17.2 Å². The molecule has 1 heterocycles. The van der Waals surface area contributed by atoms with Crippen molar-refractivity contribution >= 4 is 16.7 Å². The first-order valence-electron chi connectivity index (χ1n) is 9.63. The highest BCUT2D eigenvalue weighted by Crippen LogP contribution is 2.35. The average Bonchev–Trinajstić information content (AvgIpc) is 2.75. The van der Waals surface area contributed by atoms with Crippen LogP contribution in [0.25, 0.3) is 22.3 Å². The average molecular weight is 414 g/mol. The molecular formula is C22H27FN4O3. The number of aromatic nitrogens is 2. The number of halogens is 1. The molecule has 0 unspecified atom stereocenters. The number of hydrogen-bond acceptors (Lipinski definition) is 7. The van der Waals surface area contributed by atoms with E-state index in [4.69, 9.17) is 19.2 Å². The lowest BCUT2D eigenvalue weighted by Gasteiger charge is -2.15. The summed E-state index contributed by atoms with van der Waals surface area (Å²) in [6.45, 7) is 1.69. The normalized spacial score (nSPS) is 11.0. The van der Waals surface area contributed by atoms with Gasteiger partial charge in [-0.15, -0.1) is 0 Å². The Labute approximate surface area is 175 Å². The minimum Gasteiger partial charge on any atom is -0.494 e. The third-order valence-corrected chi connectivity index (χ3v) is 4.68. The summed E-state index contributed by atoms with van der Waals surface area (Å²) in [6, 6.07) is 8.24. The zero-order valence-electron chi connectivity index (χ0n) is 18.0. The first-order chi connectivity index (χ1) is 14.5. The van der Waals surface area contributed by atoms with Crippen LogP contribution in [-0.2, 0) is 0 Å². The van der Waals surface area contributed by atoms with Crippen molar-refractivity contribution in [2.45, 2.75) is 6.42 Å². The maximum atomic E-state index is 13.9. The van der Waals surface area contributed by atoms with Crippen LogP contribution in [-0.4, -0.2) is 63.4 Å². The Kier molecular flexibility index (Phi) is 6.89. The van der Waals surface area contributed by atoms with E-state index in [1.165, 1.54) is 13.2 Å². The van der Waals surface area contributed by atoms with Gasteiger partial charge in [-0.3, -0.25) is 0 Å². The highest BCUT2D eigenvalue weighted by atomic mass is 19.1. The van der Waals surface area contributed by atoms with Crippen molar-refractivity contribution < 1.29 is 18.6 Å². The van der Waals surface area contributed by atoms with E-state index in [2.05, 4.69) is 15.2 Å². The van der Waals surface area contributed by atoms with Crippen molar-refractivity contribution in [3.05, 3.63) is 36.1 Å². The topological polar surface area (TPSA) is 68.7 Å². The molecule has 0 fully saturated rings. The number of ether oxygens (including phenoxy) is 3. The van der Waals surface area contributed by atoms with Crippen LogP contribution >= 0.6 is 0 Å². The second-order valence-corrected chi connectivity index (χ2v) is 7.05. The highest BCUT2D eigenvalue weighted by Gasteiger charge is 2.15. The van der Waals surface area contributed by atoms with Crippen LogP contribution in [0, 0.1) is 5.82 Å². The summed E-state index contributed by atoms with van der Waals surface area (Å²) < 4.78 is 29.8. The number of hydrogen-bond donors (Lipinski definition) is 1. The van der Waals surface area contributed by atoms with Crippen LogP contribution in [0.2, 0.25) is 0 Å². The predicted molar refractivity (Wildman–Crippen MR) is 116 cm³/mol. The molecule has 3 rings (SSSR count). The fraction of sp³-hybridized carbons (Fsp3) is 0.364. The molecule has 30 heavy (non-hydrogen) atoms. The highest BCUT2D eigenvalue weighted by molar-refractivity contribution is 5.93. The molecule has 0 spiro atoms. The Balaban J connectivity index is 2.09. The van der Waals surface area contributed by atoms with Crippen LogP contribution in [0.15, 0.2) is 30.3 Å². The molecule has 0 aliphatic carbocycles. The van der Waals surface area contributed by atoms with E-state index in [0.717, 1.165) is 24.9 Å². The fourth-order valence-electron chi connectivity index (χ4n) is 3.12. The van der Waals surface area contributed by atoms with Crippen LogP contribution in [0.3, 0.4) is 0 Å². The van der Waals surface area contributed by atoms with Crippen molar-refractivity contribution in [2.75, 3.05) is 53.8 Å². The Morgan fingerprint density at radius 1 is 0.933 bits per heavy atom. The van der Waals surface area contributed by atoms with Crippen molar-refractivity contribution in [3.8, 4) is 28.6 Å². The molecule has 0 amide bonds. The maximum absolute atomic E-state index is 13.9. The Hall–Kier alpha value is -3.13.